The lowest BCUT2D eigenvalue weighted by atomic mass is 10.1. The van der Waals surface area contributed by atoms with E-state index in [0.717, 1.165) is 18.4 Å². The van der Waals surface area contributed by atoms with E-state index in [1.807, 2.05) is 13.0 Å². The number of benzene rings is 1. The molecule has 1 nitrogen and oxygen atoms in total. The highest BCUT2D eigenvalue weighted by Crippen LogP contribution is 2.17. The van der Waals surface area contributed by atoms with Crippen LogP contribution in [0.1, 0.15) is 18.9 Å². The maximum atomic E-state index is 13.0. The Morgan fingerprint density at radius 3 is 2.77 bits per heavy atom. The van der Waals surface area contributed by atoms with Gasteiger partial charge in [0.15, 0.2) is 0 Å². The molecule has 1 rings (SSSR count). The van der Waals surface area contributed by atoms with Crippen LogP contribution in [0.15, 0.2) is 22.7 Å². The molecule has 0 aromatic heterocycles. The first-order valence-electron chi connectivity index (χ1n) is 4.29. The second-order valence-electron chi connectivity index (χ2n) is 3.26. The molecule has 3 heteroatoms. The molecule has 0 amide bonds. The van der Waals surface area contributed by atoms with E-state index in [-0.39, 0.29) is 11.9 Å². The number of hydrogen-bond donors (Lipinski definition) is 1. The maximum absolute atomic E-state index is 13.0. The molecule has 13 heavy (non-hydrogen) atoms. The van der Waals surface area contributed by atoms with Crippen LogP contribution in [0, 0.1) is 5.82 Å². The fourth-order valence-corrected chi connectivity index (χ4v) is 1.34. The van der Waals surface area contributed by atoms with E-state index in [0.29, 0.717) is 4.47 Å². The van der Waals surface area contributed by atoms with E-state index in [9.17, 15) is 4.39 Å². The molecule has 0 aliphatic heterocycles. The van der Waals surface area contributed by atoms with Crippen molar-refractivity contribution in [1.82, 2.24) is 0 Å². The number of halogens is 2. The molecule has 0 fully saturated rings. The number of aryl methyl sites for hydroxylation is 1. The third-order valence-electron chi connectivity index (χ3n) is 1.87. The van der Waals surface area contributed by atoms with Crippen molar-refractivity contribution in [3.63, 3.8) is 0 Å². The molecular weight excluding hydrogens is 233 g/mol. The summed E-state index contributed by atoms with van der Waals surface area (Å²) in [5, 5.41) is 0. The first kappa shape index (κ1) is 10.7. The van der Waals surface area contributed by atoms with Gasteiger partial charge in [-0.15, -0.1) is 0 Å². The van der Waals surface area contributed by atoms with Gasteiger partial charge in [-0.2, -0.15) is 0 Å². The van der Waals surface area contributed by atoms with Gasteiger partial charge in [0, 0.05) is 6.04 Å². The van der Waals surface area contributed by atoms with Crippen molar-refractivity contribution in [1.29, 1.82) is 0 Å². The van der Waals surface area contributed by atoms with Crippen molar-refractivity contribution in [2.45, 2.75) is 25.8 Å². The zero-order valence-electron chi connectivity index (χ0n) is 7.56. The minimum absolute atomic E-state index is 0.173. The Morgan fingerprint density at radius 2 is 2.23 bits per heavy atom. The maximum Gasteiger partial charge on any atom is 0.137 e. The van der Waals surface area contributed by atoms with E-state index < -0.39 is 0 Å². The zero-order valence-corrected chi connectivity index (χ0v) is 9.14. The Balaban J connectivity index is 2.63. The van der Waals surface area contributed by atoms with Gasteiger partial charge < -0.3 is 5.73 Å². The molecule has 0 unspecified atom stereocenters. The van der Waals surface area contributed by atoms with Crippen molar-refractivity contribution >= 4 is 15.9 Å². The van der Waals surface area contributed by atoms with Gasteiger partial charge in [-0.05, 0) is 53.4 Å². The highest BCUT2D eigenvalue weighted by Gasteiger charge is 2.01. The van der Waals surface area contributed by atoms with Crippen molar-refractivity contribution in [2.24, 2.45) is 5.73 Å². The fourth-order valence-electron chi connectivity index (χ4n) is 1.09. The molecule has 0 aliphatic carbocycles. The highest BCUT2D eigenvalue weighted by molar-refractivity contribution is 9.10. The summed E-state index contributed by atoms with van der Waals surface area (Å²) in [6.07, 6.45) is 1.73. The van der Waals surface area contributed by atoms with E-state index in [2.05, 4.69) is 15.9 Å². The largest absolute Gasteiger partial charge is 0.328 e. The van der Waals surface area contributed by atoms with Crippen LogP contribution in [0.25, 0.3) is 0 Å². The second-order valence-corrected chi connectivity index (χ2v) is 4.12. The van der Waals surface area contributed by atoms with Gasteiger partial charge in [0.05, 0.1) is 4.47 Å². The summed E-state index contributed by atoms with van der Waals surface area (Å²) < 4.78 is 13.5. The summed E-state index contributed by atoms with van der Waals surface area (Å²) in [7, 11) is 0. The van der Waals surface area contributed by atoms with Crippen LogP contribution >= 0.6 is 15.9 Å². The molecule has 1 atom stereocenters. The monoisotopic (exact) mass is 245 g/mol. The van der Waals surface area contributed by atoms with Gasteiger partial charge >= 0.3 is 0 Å². The molecule has 0 heterocycles. The summed E-state index contributed by atoms with van der Waals surface area (Å²) in [6, 6.07) is 5.36. The lowest BCUT2D eigenvalue weighted by Crippen LogP contribution is -2.15. The molecule has 2 N–H and O–H groups in total. The molecule has 0 saturated heterocycles. The number of rotatable bonds is 3. The topological polar surface area (TPSA) is 26.0 Å². The summed E-state index contributed by atoms with van der Waals surface area (Å²) in [5.41, 5.74) is 6.60. The lowest BCUT2D eigenvalue weighted by molar-refractivity contribution is 0.614. The third kappa shape index (κ3) is 3.44. The second kappa shape index (κ2) is 4.72. The molecule has 1 aromatic carbocycles. The van der Waals surface area contributed by atoms with Crippen molar-refractivity contribution in [3.05, 3.63) is 34.1 Å². The van der Waals surface area contributed by atoms with Crippen LogP contribution in [0.2, 0.25) is 0 Å². The fraction of sp³-hybridized carbons (Fsp3) is 0.400. The molecule has 72 valence electrons. The lowest BCUT2D eigenvalue weighted by Gasteiger charge is -2.05. The summed E-state index contributed by atoms with van der Waals surface area (Å²) in [5.74, 6) is -0.206. The van der Waals surface area contributed by atoms with Gasteiger partial charge in [0.1, 0.15) is 5.82 Å². The number of nitrogens with two attached hydrogens (primary N) is 1. The minimum Gasteiger partial charge on any atom is -0.328 e. The Labute approximate surface area is 86.3 Å². The molecule has 0 bridgehead atoms. The zero-order chi connectivity index (χ0) is 9.84. The van der Waals surface area contributed by atoms with Crippen molar-refractivity contribution < 1.29 is 4.39 Å². The first-order valence-corrected chi connectivity index (χ1v) is 5.08. The van der Waals surface area contributed by atoms with Crippen molar-refractivity contribution in [3.8, 4) is 0 Å². The van der Waals surface area contributed by atoms with E-state index in [4.69, 9.17) is 5.73 Å². The van der Waals surface area contributed by atoms with Gasteiger partial charge in [-0.3, -0.25) is 0 Å². The van der Waals surface area contributed by atoms with Gasteiger partial charge in [-0.25, -0.2) is 4.39 Å². The number of hydrogen-bond acceptors (Lipinski definition) is 1. The van der Waals surface area contributed by atoms with Crippen LogP contribution < -0.4 is 5.73 Å². The van der Waals surface area contributed by atoms with Crippen LogP contribution in [0.5, 0.6) is 0 Å². The third-order valence-corrected chi connectivity index (χ3v) is 2.52. The van der Waals surface area contributed by atoms with Gasteiger partial charge in [0.2, 0.25) is 0 Å². The molecule has 0 radical (unpaired) electrons. The summed E-state index contributed by atoms with van der Waals surface area (Å²) in [6.45, 7) is 1.95. The minimum atomic E-state index is -0.206. The molecule has 0 saturated carbocycles. The molecular formula is C10H13BrFN. The molecule has 1 aromatic rings. The van der Waals surface area contributed by atoms with E-state index >= 15 is 0 Å². The standard InChI is InChI=1S/C10H13BrFN/c1-7(13)2-3-8-4-5-9(11)10(12)6-8/h4-7H,2-3,13H2,1H3/t7-/m1/s1. The van der Waals surface area contributed by atoms with Gasteiger partial charge in [-0.1, -0.05) is 6.07 Å². The average Bonchev–Trinajstić information content (AvgIpc) is 2.07. The average molecular weight is 246 g/mol. The Bertz CT molecular complexity index is 286. The molecule has 0 aliphatic rings. The Kier molecular flexibility index (Phi) is 3.88. The van der Waals surface area contributed by atoms with Crippen LogP contribution in [-0.4, -0.2) is 6.04 Å². The van der Waals surface area contributed by atoms with Crippen molar-refractivity contribution in [2.75, 3.05) is 0 Å². The first-order chi connectivity index (χ1) is 6.09. The van der Waals surface area contributed by atoms with E-state index in [1.54, 1.807) is 12.1 Å². The van der Waals surface area contributed by atoms with Crippen LogP contribution in [0.4, 0.5) is 4.39 Å². The van der Waals surface area contributed by atoms with Crippen LogP contribution in [-0.2, 0) is 6.42 Å². The SMILES string of the molecule is C[C@@H](N)CCc1ccc(Br)c(F)c1. The van der Waals surface area contributed by atoms with E-state index in [1.165, 1.54) is 0 Å². The normalized spacial score (nSPS) is 12.9. The summed E-state index contributed by atoms with van der Waals surface area (Å²) in [4.78, 5) is 0. The summed E-state index contributed by atoms with van der Waals surface area (Å²) >= 11 is 3.11. The van der Waals surface area contributed by atoms with Gasteiger partial charge in [0.25, 0.3) is 0 Å². The van der Waals surface area contributed by atoms with Crippen LogP contribution in [0.3, 0.4) is 0 Å². The smallest absolute Gasteiger partial charge is 0.137 e. The predicted molar refractivity (Wildman–Crippen MR) is 56.1 cm³/mol. The molecule has 0 spiro atoms. The highest BCUT2D eigenvalue weighted by atomic mass is 79.9. The quantitative estimate of drug-likeness (QED) is 0.871. The predicted octanol–water partition coefficient (Wildman–Crippen LogP) is 2.87. The Hall–Kier alpha value is -0.410. The Morgan fingerprint density at radius 1 is 1.54 bits per heavy atom.